The molecule has 20 heavy (non-hydrogen) atoms. The molecule has 2 aromatic rings. The lowest BCUT2D eigenvalue weighted by Gasteiger charge is -2.30. The van der Waals surface area contributed by atoms with Crippen molar-refractivity contribution < 1.29 is 0 Å². The average Bonchev–Trinajstić information content (AvgIpc) is 2.83. The first kappa shape index (κ1) is 13.7. The van der Waals surface area contributed by atoms with Crippen LogP contribution in [0.4, 0.5) is 5.69 Å². The summed E-state index contributed by atoms with van der Waals surface area (Å²) in [5.74, 6) is 0. The van der Waals surface area contributed by atoms with Crippen molar-refractivity contribution in [1.82, 2.24) is 0 Å². The van der Waals surface area contributed by atoms with E-state index in [1.54, 1.807) is 6.07 Å². The summed E-state index contributed by atoms with van der Waals surface area (Å²) in [5.41, 5.74) is 9.72. The van der Waals surface area contributed by atoms with E-state index >= 15 is 0 Å². The van der Waals surface area contributed by atoms with Crippen molar-refractivity contribution in [3.63, 3.8) is 0 Å². The second-order valence-corrected chi connectivity index (χ2v) is 5.90. The summed E-state index contributed by atoms with van der Waals surface area (Å²) in [6.07, 6.45) is 1.06. The molecular formula is C16H16Cl2N2. The van der Waals surface area contributed by atoms with Gasteiger partial charge in [-0.2, -0.15) is 0 Å². The fourth-order valence-corrected chi connectivity index (χ4v) is 3.44. The van der Waals surface area contributed by atoms with Crippen LogP contribution >= 0.6 is 23.2 Å². The maximum Gasteiger partial charge on any atom is 0.0666 e. The highest BCUT2D eigenvalue weighted by atomic mass is 35.5. The van der Waals surface area contributed by atoms with Crippen molar-refractivity contribution in [2.75, 3.05) is 18.0 Å². The van der Waals surface area contributed by atoms with Gasteiger partial charge in [-0.15, -0.1) is 0 Å². The van der Waals surface area contributed by atoms with Gasteiger partial charge >= 0.3 is 0 Å². The van der Waals surface area contributed by atoms with Gasteiger partial charge in [0.1, 0.15) is 0 Å². The van der Waals surface area contributed by atoms with E-state index in [4.69, 9.17) is 28.9 Å². The SMILES string of the molecule is NCC(c1cc(Cl)cc(Cl)c1)N1CCc2ccccc21. The van der Waals surface area contributed by atoms with Crippen molar-refractivity contribution in [2.24, 2.45) is 5.73 Å². The molecule has 1 aliphatic heterocycles. The summed E-state index contributed by atoms with van der Waals surface area (Å²) in [5, 5.41) is 1.30. The van der Waals surface area contributed by atoms with E-state index in [2.05, 4.69) is 29.2 Å². The number of rotatable bonds is 3. The highest BCUT2D eigenvalue weighted by Gasteiger charge is 2.26. The second-order valence-electron chi connectivity index (χ2n) is 5.03. The van der Waals surface area contributed by atoms with E-state index in [-0.39, 0.29) is 6.04 Å². The first-order valence-electron chi connectivity index (χ1n) is 6.69. The fourth-order valence-electron chi connectivity index (χ4n) is 2.90. The summed E-state index contributed by atoms with van der Waals surface area (Å²) in [7, 11) is 0. The largest absolute Gasteiger partial charge is 0.363 e. The number of nitrogens with two attached hydrogens (primary N) is 1. The first-order valence-corrected chi connectivity index (χ1v) is 7.45. The van der Waals surface area contributed by atoms with Gasteiger partial charge in [-0.25, -0.2) is 0 Å². The van der Waals surface area contributed by atoms with Gasteiger partial charge in [0.05, 0.1) is 6.04 Å². The zero-order valence-electron chi connectivity index (χ0n) is 11.0. The molecule has 0 fully saturated rings. The van der Waals surface area contributed by atoms with Crippen molar-refractivity contribution in [1.29, 1.82) is 0 Å². The third kappa shape index (κ3) is 2.51. The van der Waals surface area contributed by atoms with Crippen LogP contribution in [0.2, 0.25) is 10.0 Å². The van der Waals surface area contributed by atoms with Crippen molar-refractivity contribution in [3.8, 4) is 0 Å². The molecule has 2 nitrogen and oxygen atoms in total. The Hall–Kier alpha value is -1.22. The monoisotopic (exact) mass is 306 g/mol. The highest BCUT2D eigenvalue weighted by Crippen LogP contribution is 2.35. The van der Waals surface area contributed by atoms with Crippen molar-refractivity contribution in [2.45, 2.75) is 12.5 Å². The van der Waals surface area contributed by atoms with Gasteiger partial charge in [-0.1, -0.05) is 41.4 Å². The van der Waals surface area contributed by atoms with Crippen LogP contribution in [-0.4, -0.2) is 13.1 Å². The lowest BCUT2D eigenvalue weighted by molar-refractivity contribution is 0.649. The minimum atomic E-state index is 0.106. The molecule has 1 atom stereocenters. The van der Waals surface area contributed by atoms with Crippen LogP contribution in [0.5, 0.6) is 0 Å². The number of nitrogens with zero attached hydrogens (tertiary/aromatic N) is 1. The summed E-state index contributed by atoms with van der Waals surface area (Å²) in [4.78, 5) is 2.34. The zero-order valence-corrected chi connectivity index (χ0v) is 12.5. The quantitative estimate of drug-likeness (QED) is 0.926. The average molecular weight is 307 g/mol. The molecule has 0 spiro atoms. The molecule has 0 aliphatic carbocycles. The van der Waals surface area contributed by atoms with Gasteiger partial charge in [0.15, 0.2) is 0 Å². The molecule has 2 aromatic carbocycles. The van der Waals surface area contributed by atoms with Gasteiger partial charge < -0.3 is 10.6 Å². The first-order chi connectivity index (χ1) is 9.69. The Morgan fingerprint density at radius 1 is 1.10 bits per heavy atom. The number of benzene rings is 2. The smallest absolute Gasteiger partial charge is 0.0666 e. The van der Waals surface area contributed by atoms with E-state index in [1.165, 1.54) is 11.3 Å². The van der Waals surface area contributed by atoms with E-state index in [9.17, 15) is 0 Å². The maximum absolute atomic E-state index is 6.11. The van der Waals surface area contributed by atoms with Crippen molar-refractivity contribution in [3.05, 3.63) is 63.6 Å². The normalized spacial score (nSPS) is 15.2. The molecule has 0 radical (unpaired) electrons. The van der Waals surface area contributed by atoms with Crippen LogP contribution in [0.3, 0.4) is 0 Å². The van der Waals surface area contributed by atoms with Crippen LogP contribution < -0.4 is 10.6 Å². The summed E-state index contributed by atoms with van der Waals surface area (Å²) in [6.45, 7) is 1.51. The molecule has 3 rings (SSSR count). The topological polar surface area (TPSA) is 29.3 Å². The number of halogens is 2. The van der Waals surface area contributed by atoms with Gasteiger partial charge in [-0.05, 0) is 41.8 Å². The lowest BCUT2D eigenvalue weighted by atomic mass is 10.1. The Morgan fingerprint density at radius 3 is 2.50 bits per heavy atom. The van der Waals surface area contributed by atoms with Crippen LogP contribution in [0, 0.1) is 0 Å². The molecule has 4 heteroatoms. The van der Waals surface area contributed by atoms with Crippen LogP contribution in [0.25, 0.3) is 0 Å². The van der Waals surface area contributed by atoms with E-state index in [0.717, 1.165) is 18.5 Å². The number of para-hydroxylation sites is 1. The Kier molecular flexibility index (Phi) is 3.88. The predicted octanol–water partition coefficient (Wildman–Crippen LogP) is 4.06. The minimum absolute atomic E-state index is 0.106. The zero-order chi connectivity index (χ0) is 14.1. The fraction of sp³-hybridized carbons (Fsp3) is 0.250. The Bertz CT molecular complexity index is 607. The lowest BCUT2D eigenvalue weighted by Crippen LogP contribution is -2.32. The third-order valence-electron chi connectivity index (χ3n) is 3.79. The van der Waals surface area contributed by atoms with E-state index in [0.29, 0.717) is 16.6 Å². The van der Waals surface area contributed by atoms with Crippen molar-refractivity contribution >= 4 is 28.9 Å². The molecule has 1 aliphatic rings. The third-order valence-corrected chi connectivity index (χ3v) is 4.23. The molecule has 0 aromatic heterocycles. The van der Waals surface area contributed by atoms with Crippen LogP contribution in [-0.2, 0) is 6.42 Å². The number of hydrogen-bond donors (Lipinski definition) is 1. The second kappa shape index (κ2) is 5.65. The molecule has 104 valence electrons. The van der Waals surface area contributed by atoms with E-state index < -0.39 is 0 Å². The number of fused-ring (bicyclic) bond motifs is 1. The Morgan fingerprint density at radius 2 is 1.80 bits per heavy atom. The Labute approximate surface area is 129 Å². The Balaban J connectivity index is 1.99. The maximum atomic E-state index is 6.11. The molecular weight excluding hydrogens is 291 g/mol. The summed E-state index contributed by atoms with van der Waals surface area (Å²) < 4.78 is 0. The standard InChI is InChI=1S/C16H16Cl2N2/c17-13-7-12(8-14(18)9-13)16(10-19)20-6-5-11-3-1-2-4-15(11)20/h1-4,7-9,16H,5-6,10,19H2. The van der Waals surface area contributed by atoms with Crippen LogP contribution in [0.1, 0.15) is 17.2 Å². The van der Waals surface area contributed by atoms with E-state index in [1.807, 2.05) is 12.1 Å². The molecule has 2 N–H and O–H groups in total. The van der Waals surface area contributed by atoms with Crippen LogP contribution in [0.15, 0.2) is 42.5 Å². The van der Waals surface area contributed by atoms with Gasteiger partial charge in [-0.3, -0.25) is 0 Å². The van der Waals surface area contributed by atoms with Gasteiger partial charge in [0.2, 0.25) is 0 Å². The molecule has 0 bridgehead atoms. The van der Waals surface area contributed by atoms with Gasteiger partial charge in [0, 0.05) is 28.8 Å². The highest BCUT2D eigenvalue weighted by molar-refractivity contribution is 6.34. The molecule has 0 saturated heterocycles. The molecule has 1 heterocycles. The summed E-state index contributed by atoms with van der Waals surface area (Å²) in [6, 6.07) is 14.2. The number of anilines is 1. The number of hydrogen-bond acceptors (Lipinski definition) is 2. The minimum Gasteiger partial charge on any atom is -0.363 e. The molecule has 1 unspecified atom stereocenters. The summed E-state index contributed by atoms with van der Waals surface area (Å²) >= 11 is 12.2. The van der Waals surface area contributed by atoms with Gasteiger partial charge in [0.25, 0.3) is 0 Å². The molecule has 0 amide bonds. The predicted molar refractivity (Wildman–Crippen MR) is 85.7 cm³/mol. The molecule has 0 saturated carbocycles.